The lowest BCUT2D eigenvalue weighted by Crippen LogP contribution is -2.10. The summed E-state index contributed by atoms with van der Waals surface area (Å²) in [5, 5.41) is 6.30. The first-order valence-corrected chi connectivity index (χ1v) is 18.4. The molecular formula is C49H29N3O3. The van der Waals surface area contributed by atoms with Crippen molar-refractivity contribution in [1.82, 2.24) is 9.55 Å². The number of hydrogen-bond donors (Lipinski definition) is 0. The smallest absolute Gasteiger partial charge is 0.227 e. The van der Waals surface area contributed by atoms with Gasteiger partial charge in [-0.25, -0.2) is 4.98 Å². The number of hydrogen-bond acceptors (Lipinski definition) is 5. The van der Waals surface area contributed by atoms with Gasteiger partial charge in [0.25, 0.3) is 0 Å². The molecule has 0 bridgehead atoms. The number of aromatic nitrogens is 2. The fourth-order valence-corrected chi connectivity index (χ4v) is 8.44. The van der Waals surface area contributed by atoms with E-state index in [-0.39, 0.29) is 0 Å². The van der Waals surface area contributed by atoms with Crippen LogP contribution in [-0.4, -0.2) is 9.55 Å². The fraction of sp³-hybridized carbons (Fsp3) is 0. The lowest BCUT2D eigenvalue weighted by Gasteiger charge is -2.26. The Morgan fingerprint density at radius 3 is 2.00 bits per heavy atom. The molecule has 4 aromatic heterocycles. The van der Waals surface area contributed by atoms with Crippen LogP contribution < -0.4 is 4.90 Å². The van der Waals surface area contributed by atoms with Crippen LogP contribution in [0.3, 0.4) is 0 Å². The molecule has 0 atom stereocenters. The molecule has 0 unspecified atom stereocenters. The number of anilines is 3. The molecule has 0 saturated heterocycles. The van der Waals surface area contributed by atoms with Gasteiger partial charge in [-0.2, -0.15) is 0 Å². The molecule has 12 aromatic rings. The topological polar surface area (TPSA) is 60.5 Å². The number of oxazole rings is 1. The van der Waals surface area contributed by atoms with Crippen LogP contribution in [0.1, 0.15) is 0 Å². The molecule has 8 aromatic carbocycles. The van der Waals surface area contributed by atoms with Crippen molar-refractivity contribution in [3.05, 3.63) is 176 Å². The number of fused-ring (bicyclic) bond motifs is 11. The monoisotopic (exact) mass is 707 g/mol. The fourth-order valence-electron chi connectivity index (χ4n) is 8.44. The summed E-state index contributed by atoms with van der Waals surface area (Å²) < 4.78 is 21.9. The van der Waals surface area contributed by atoms with E-state index in [1.807, 2.05) is 54.6 Å². The minimum absolute atomic E-state index is 0.577. The van der Waals surface area contributed by atoms with Crippen LogP contribution >= 0.6 is 0 Å². The number of furan rings is 2. The molecular weight excluding hydrogens is 679 g/mol. The molecule has 0 spiro atoms. The Bertz CT molecular complexity index is 3440. The minimum Gasteiger partial charge on any atom is -0.456 e. The standard InChI is InChI=1S/C49H29N3O3/c1-3-13-30(14-4-1)49-50-47-44(55-49)28-27-43-46(47)36-29-32(25-26-42(36)53-43)52(40-23-11-19-34-33-17-8-10-24-41(33)54-48(34)40)39-22-12-21-38-45(39)35-18-7-9-20-37(35)51(38)31-15-5-2-6-16-31/h1-29H. The summed E-state index contributed by atoms with van der Waals surface area (Å²) in [6, 6.07) is 60.8. The van der Waals surface area contributed by atoms with Crippen LogP contribution in [0.5, 0.6) is 0 Å². The Morgan fingerprint density at radius 2 is 1.11 bits per heavy atom. The molecule has 0 aliphatic rings. The third-order valence-electron chi connectivity index (χ3n) is 10.8. The average molecular weight is 708 g/mol. The Labute approximate surface area is 313 Å². The molecule has 0 aliphatic heterocycles. The molecule has 0 saturated carbocycles. The predicted molar refractivity (Wildman–Crippen MR) is 223 cm³/mol. The van der Waals surface area contributed by atoms with E-state index in [1.165, 1.54) is 0 Å². The van der Waals surface area contributed by atoms with Gasteiger partial charge < -0.3 is 22.7 Å². The zero-order valence-corrected chi connectivity index (χ0v) is 29.3. The number of para-hydroxylation sites is 4. The summed E-state index contributed by atoms with van der Waals surface area (Å²) in [7, 11) is 0. The third kappa shape index (κ3) is 4.39. The quantitative estimate of drug-likeness (QED) is 0.178. The maximum absolute atomic E-state index is 6.74. The second-order valence-electron chi connectivity index (χ2n) is 13.9. The van der Waals surface area contributed by atoms with Crippen molar-refractivity contribution in [2.24, 2.45) is 0 Å². The van der Waals surface area contributed by atoms with Crippen LogP contribution in [-0.2, 0) is 0 Å². The summed E-state index contributed by atoms with van der Waals surface area (Å²) in [4.78, 5) is 7.38. The number of benzene rings is 8. The summed E-state index contributed by atoms with van der Waals surface area (Å²) >= 11 is 0. The van der Waals surface area contributed by atoms with Crippen LogP contribution in [0.4, 0.5) is 17.1 Å². The average Bonchev–Trinajstić information content (AvgIpc) is 4.02. The van der Waals surface area contributed by atoms with Crippen LogP contribution in [0.2, 0.25) is 0 Å². The molecule has 4 heterocycles. The predicted octanol–water partition coefficient (Wildman–Crippen LogP) is 13.9. The van der Waals surface area contributed by atoms with Gasteiger partial charge in [0, 0.05) is 43.9 Å². The minimum atomic E-state index is 0.577. The van der Waals surface area contributed by atoms with E-state index in [0.717, 1.165) is 99.5 Å². The van der Waals surface area contributed by atoms with E-state index in [0.29, 0.717) is 11.5 Å². The zero-order chi connectivity index (χ0) is 36.0. The van der Waals surface area contributed by atoms with Gasteiger partial charge in [-0.3, -0.25) is 0 Å². The highest BCUT2D eigenvalue weighted by molar-refractivity contribution is 6.20. The van der Waals surface area contributed by atoms with E-state index in [2.05, 4.69) is 131 Å². The maximum Gasteiger partial charge on any atom is 0.227 e. The highest BCUT2D eigenvalue weighted by atomic mass is 16.4. The van der Waals surface area contributed by atoms with Crippen LogP contribution in [0.25, 0.3) is 93.9 Å². The summed E-state index contributed by atoms with van der Waals surface area (Å²) in [6.45, 7) is 0. The van der Waals surface area contributed by atoms with E-state index in [9.17, 15) is 0 Å². The normalized spacial score (nSPS) is 12.0. The van der Waals surface area contributed by atoms with Crippen LogP contribution in [0.15, 0.2) is 189 Å². The van der Waals surface area contributed by atoms with Crippen molar-refractivity contribution in [1.29, 1.82) is 0 Å². The van der Waals surface area contributed by atoms with Gasteiger partial charge in [-0.05, 0) is 84.9 Å². The molecule has 0 amide bonds. The van der Waals surface area contributed by atoms with E-state index in [4.69, 9.17) is 18.2 Å². The van der Waals surface area contributed by atoms with Gasteiger partial charge in [0.1, 0.15) is 22.3 Å². The van der Waals surface area contributed by atoms with E-state index in [1.54, 1.807) is 0 Å². The second kappa shape index (κ2) is 11.5. The van der Waals surface area contributed by atoms with Gasteiger partial charge in [0.05, 0.1) is 27.8 Å². The van der Waals surface area contributed by atoms with Crippen molar-refractivity contribution < 1.29 is 13.3 Å². The van der Waals surface area contributed by atoms with Crippen molar-refractivity contribution in [2.75, 3.05) is 4.90 Å². The molecule has 0 aliphatic carbocycles. The molecule has 12 rings (SSSR count). The number of nitrogens with zero attached hydrogens (tertiary/aromatic N) is 3. The molecule has 55 heavy (non-hydrogen) atoms. The van der Waals surface area contributed by atoms with Crippen LogP contribution in [0, 0.1) is 0 Å². The highest BCUT2D eigenvalue weighted by Crippen LogP contribution is 2.48. The summed E-state index contributed by atoms with van der Waals surface area (Å²) in [5.41, 5.74) is 11.9. The van der Waals surface area contributed by atoms with Crippen molar-refractivity contribution in [3.63, 3.8) is 0 Å². The van der Waals surface area contributed by atoms with Gasteiger partial charge in [0.2, 0.25) is 5.89 Å². The lowest BCUT2D eigenvalue weighted by atomic mass is 10.1. The van der Waals surface area contributed by atoms with Gasteiger partial charge in [-0.1, -0.05) is 91.0 Å². The first-order chi connectivity index (χ1) is 27.3. The van der Waals surface area contributed by atoms with Gasteiger partial charge in [0.15, 0.2) is 11.2 Å². The Morgan fingerprint density at radius 1 is 0.436 bits per heavy atom. The van der Waals surface area contributed by atoms with Crippen molar-refractivity contribution >= 4 is 93.8 Å². The van der Waals surface area contributed by atoms with Gasteiger partial charge in [-0.15, -0.1) is 0 Å². The molecule has 6 heteroatoms. The Balaban J connectivity index is 1.17. The molecule has 0 N–H and O–H groups in total. The molecule has 258 valence electrons. The molecule has 0 radical (unpaired) electrons. The summed E-state index contributed by atoms with van der Waals surface area (Å²) in [6.07, 6.45) is 0. The number of rotatable bonds is 5. The first-order valence-electron chi connectivity index (χ1n) is 18.4. The van der Waals surface area contributed by atoms with E-state index >= 15 is 0 Å². The third-order valence-corrected chi connectivity index (χ3v) is 10.8. The summed E-state index contributed by atoms with van der Waals surface area (Å²) in [5.74, 6) is 0.577. The maximum atomic E-state index is 6.74. The Hall–Kier alpha value is -7.57. The lowest BCUT2D eigenvalue weighted by molar-refractivity contribution is 0.619. The van der Waals surface area contributed by atoms with Gasteiger partial charge >= 0.3 is 0 Å². The zero-order valence-electron chi connectivity index (χ0n) is 29.3. The molecule has 0 fully saturated rings. The second-order valence-corrected chi connectivity index (χ2v) is 13.9. The van der Waals surface area contributed by atoms with Crippen molar-refractivity contribution in [3.8, 4) is 17.1 Å². The SMILES string of the molecule is c1ccc(-c2nc3c(ccc4oc5ccc(N(c6cccc7c6oc6ccccc67)c6cccc7c6c6ccccc6n7-c6ccccc6)cc5c43)o2)cc1. The highest BCUT2D eigenvalue weighted by Gasteiger charge is 2.25. The first kappa shape index (κ1) is 29.9. The Kier molecular flexibility index (Phi) is 6.24. The van der Waals surface area contributed by atoms with Crippen molar-refractivity contribution in [2.45, 2.75) is 0 Å². The van der Waals surface area contributed by atoms with E-state index < -0.39 is 0 Å². The largest absolute Gasteiger partial charge is 0.456 e. The molecule has 6 nitrogen and oxygen atoms in total.